The Morgan fingerprint density at radius 2 is 1.39 bits per heavy atom. The zero-order chi connectivity index (χ0) is 20.4. The second-order valence-corrected chi connectivity index (χ2v) is 6.94. The van der Waals surface area contributed by atoms with Crippen LogP contribution in [0.25, 0.3) is 0 Å². The molecule has 0 aliphatic rings. The summed E-state index contributed by atoms with van der Waals surface area (Å²) in [5.41, 5.74) is 2.75. The molecule has 6 heteroatoms. The van der Waals surface area contributed by atoms with E-state index < -0.39 is 0 Å². The molecule has 0 saturated heterocycles. The number of ether oxygens (including phenoxy) is 1. The highest BCUT2D eigenvalue weighted by Gasteiger charge is 2.14. The Labute approximate surface area is 166 Å². The number of hydrogen-bond donors (Lipinski definition) is 3. The van der Waals surface area contributed by atoms with Crippen LogP contribution in [0.2, 0.25) is 0 Å². The van der Waals surface area contributed by atoms with E-state index in [1.165, 1.54) is 18.4 Å². The van der Waals surface area contributed by atoms with Crippen molar-refractivity contribution in [3.63, 3.8) is 0 Å². The molecule has 0 heterocycles. The number of hydrogen-bond acceptors (Lipinski definition) is 3. The number of quaternary nitrogens is 1. The van der Waals surface area contributed by atoms with Gasteiger partial charge in [0.05, 0.1) is 14.2 Å². The van der Waals surface area contributed by atoms with Crippen molar-refractivity contribution in [3.8, 4) is 5.75 Å². The number of methoxy groups -OCH3 is 1. The fourth-order valence-electron chi connectivity index (χ4n) is 2.83. The van der Waals surface area contributed by atoms with Gasteiger partial charge in [-0.2, -0.15) is 0 Å². The van der Waals surface area contributed by atoms with Crippen LogP contribution in [0.4, 0.5) is 11.4 Å². The summed E-state index contributed by atoms with van der Waals surface area (Å²) in [6, 6.07) is 15.1. The second kappa shape index (κ2) is 11.1. The Morgan fingerprint density at radius 1 is 0.893 bits per heavy atom. The number of anilines is 2. The Kier molecular flexibility index (Phi) is 8.49. The van der Waals surface area contributed by atoms with Crippen LogP contribution in [-0.2, 0) is 16.0 Å². The number of nitrogens with one attached hydrogen (secondary N) is 3. The van der Waals surface area contributed by atoms with Crippen molar-refractivity contribution in [3.05, 3.63) is 54.1 Å². The van der Waals surface area contributed by atoms with E-state index in [-0.39, 0.29) is 24.9 Å². The summed E-state index contributed by atoms with van der Waals surface area (Å²) >= 11 is 0. The van der Waals surface area contributed by atoms with Gasteiger partial charge in [-0.15, -0.1) is 0 Å². The topological polar surface area (TPSA) is 71.9 Å². The molecule has 2 amide bonds. The van der Waals surface area contributed by atoms with E-state index in [4.69, 9.17) is 4.74 Å². The maximum Gasteiger partial charge on any atom is 0.279 e. The Balaban J connectivity index is 1.75. The van der Waals surface area contributed by atoms with E-state index in [0.717, 1.165) is 22.8 Å². The summed E-state index contributed by atoms with van der Waals surface area (Å²) in [7, 11) is 3.42. The lowest BCUT2D eigenvalue weighted by molar-refractivity contribution is -0.862. The van der Waals surface area contributed by atoms with E-state index >= 15 is 0 Å². The minimum Gasteiger partial charge on any atom is -0.497 e. The van der Waals surface area contributed by atoms with Gasteiger partial charge in [0.25, 0.3) is 11.8 Å². The highest BCUT2D eigenvalue weighted by atomic mass is 16.5. The van der Waals surface area contributed by atoms with Crippen LogP contribution in [0.5, 0.6) is 5.75 Å². The smallest absolute Gasteiger partial charge is 0.279 e. The van der Waals surface area contributed by atoms with Crippen molar-refractivity contribution in [2.24, 2.45) is 0 Å². The van der Waals surface area contributed by atoms with Gasteiger partial charge in [0.2, 0.25) is 0 Å². The molecule has 1 unspecified atom stereocenters. The first-order valence-corrected chi connectivity index (χ1v) is 9.64. The molecule has 1 atom stereocenters. The molecule has 6 nitrogen and oxygen atoms in total. The molecule has 0 saturated carbocycles. The first-order chi connectivity index (χ1) is 13.5. The lowest BCUT2D eigenvalue weighted by atomic mass is 10.1. The number of rotatable bonds is 10. The first-order valence-electron chi connectivity index (χ1n) is 9.64. The Morgan fingerprint density at radius 3 is 1.86 bits per heavy atom. The lowest BCUT2D eigenvalue weighted by Gasteiger charge is -2.14. The minimum atomic E-state index is -0.143. The van der Waals surface area contributed by atoms with E-state index in [1.807, 2.05) is 31.3 Å². The largest absolute Gasteiger partial charge is 0.497 e. The molecule has 150 valence electrons. The molecule has 0 bridgehead atoms. The van der Waals surface area contributed by atoms with Gasteiger partial charge in [-0.1, -0.05) is 25.5 Å². The van der Waals surface area contributed by atoms with Crippen LogP contribution in [0.1, 0.15) is 25.3 Å². The predicted molar refractivity (Wildman–Crippen MR) is 112 cm³/mol. The van der Waals surface area contributed by atoms with Gasteiger partial charge in [-0.25, -0.2) is 0 Å². The third kappa shape index (κ3) is 7.40. The number of unbranched alkanes of at least 4 members (excludes halogenated alkanes) is 1. The summed E-state index contributed by atoms with van der Waals surface area (Å²) in [5, 5.41) is 5.71. The van der Waals surface area contributed by atoms with Gasteiger partial charge in [-0.3, -0.25) is 9.59 Å². The van der Waals surface area contributed by atoms with Crippen molar-refractivity contribution >= 4 is 23.2 Å². The molecule has 0 aliphatic carbocycles. The minimum absolute atomic E-state index is 0.115. The van der Waals surface area contributed by atoms with Crippen LogP contribution >= 0.6 is 0 Å². The Bertz CT molecular complexity index is 758. The zero-order valence-electron chi connectivity index (χ0n) is 16.9. The van der Waals surface area contributed by atoms with Crippen molar-refractivity contribution in [2.45, 2.75) is 26.2 Å². The van der Waals surface area contributed by atoms with E-state index in [9.17, 15) is 9.59 Å². The molecular formula is C22H30N3O3+. The van der Waals surface area contributed by atoms with Crippen LogP contribution in [0.3, 0.4) is 0 Å². The van der Waals surface area contributed by atoms with Gasteiger partial charge in [-0.05, 0) is 54.8 Å². The van der Waals surface area contributed by atoms with Gasteiger partial charge in [0, 0.05) is 11.4 Å². The highest BCUT2D eigenvalue weighted by molar-refractivity contribution is 5.93. The van der Waals surface area contributed by atoms with Crippen LogP contribution in [0.15, 0.2) is 48.5 Å². The number of likely N-dealkylation sites (N-methyl/N-ethyl adjacent to an activating group) is 1. The normalized spacial score (nSPS) is 11.5. The van der Waals surface area contributed by atoms with Crippen LogP contribution in [-0.4, -0.2) is 39.1 Å². The van der Waals surface area contributed by atoms with Crippen molar-refractivity contribution in [2.75, 3.05) is 37.9 Å². The van der Waals surface area contributed by atoms with Crippen LogP contribution in [0, 0.1) is 0 Å². The highest BCUT2D eigenvalue weighted by Crippen LogP contribution is 2.14. The molecule has 28 heavy (non-hydrogen) atoms. The second-order valence-electron chi connectivity index (χ2n) is 6.94. The summed E-state index contributed by atoms with van der Waals surface area (Å²) in [6.07, 6.45) is 3.39. The molecule has 0 fully saturated rings. The van der Waals surface area contributed by atoms with Gasteiger partial charge < -0.3 is 20.3 Å². The predicted octanol–water partition coefficient (Wildman–Crippen LogP) is 2.13. The van der Waals surface area contributed by atoms with Crippen molar-refractivity contribution in [1.29, 1.82) is 0 Å². The molecule has 0 aromatic heterocycles. The third-order valence-electron chi connectivity index (χ3n) is 4.36. The molecule has 0 spiro atoms. The average Bonchev–Trinajstić information content (AvgIpc) is 2.67. The summed E-state index contributed by atoms with van der Waals surface area (Å²) in [5.74, 6) is 0.475. The molecular weight excluding hydrogens is 354 g/mol. The maximum atomic E-state index is 12.2. The van der Waals surface area contributed by atoms with Crippen molar-refractivity contribution in [1.82, 2.24) is 0 Å². The molecule has 2 rings (SSSR count). The SMILES string of the molecule is CCCCc1ccc(NC(=O)C[NH+](C)CC(=O)Nc2ccc(OC)cc2)cc1. The maximum absolute atomic E-state index is 12.2. The van der Waals surface area contributed by atoms with Crippen LogP contribution < -0.4 is 20.3 Å². The zero-order valence-corrected chi connectivity index (χ0v) is 16.9. The van der Waals surface area contributed by atoms with E-state index in [0.29, 0.717) is 5.69 Å². The van der Waals surface area contributed by atoms with Gasteiger partial charge >= 0.3 is 0 Å². The number of carbonyl (C=O) groups excluding carboxylic acids is 2. The number of aryl methyl sites for hydroxylation is 1. The first kappa shape index (κ1) is 21.4. The van der Waals surface area contributed by atoms with E-state index in [2.05, 4.69) is 17.6 Å². The monoisotopic (exact) mass is 384 g/mol. The standard InChI is InChI=1S/C22H29N3O3/c1-4-5-6-17-7-9-18(10-8-17)23-21(26)15-25(2)16-22(27)24-19-11-13-20(28-3)14-12-19/h7-14H,4-6,15-16H2,1-3H3,(H,23,26)(H,24,27)/p+1. The fourth-order valence-corrected chi connectivity index (χ4v) is 2.83. The summed E-state index contributed by atoms with van der Waals surface area (Å²) in [6.45, 7) is 2.59. The summed E-state index contributed by atoms with van der Waals surface area (Å²) in [4.78, 5) is 25.2. The lowest BCUT2D eigenvalue weighted by Crippen LogP contribution is -3.11. The molecule has 0 radical (unpaired) electrons. The summed E-state index contributed by atoms with van der Waals surface area (Å²) < 4.78 is 5.09. The molecule has 0 aliphatic heterocycles. The molecule has 2 aromatic rings. The van der Waals surface area contributed by atoms with Gasteiger partial charge in [0.1, 0.15) is 5.75 Å². The van der Waals surface area contributed by atoms with E-state index in [1.54, 1.807) is 31.4 Å². The molecule has 2 aromatic carbocycles. The number of carbonyl (C=O) groups is 2. The number of benzene rings is 2. The number of amides is 2. The quantitative estimate of drug-likeness (QED) is 0.588. The fraction of sp³-hybridized carbons (Fsp3) is 0.364. The molecule has 3 N–H and O–H groups in total. The van der Waals surface area contributed by atoms with Crippen molar-refractivity contribution < 1.29 is 19.2 Å². The third-order valence-corrected chi connectivity index (χ3v) is 4.36. The Hall–Kier alpha value is -2.86. The van der Waals surface area contributed by atoms with Gasteiger partial charge in [0.15, 0.2) is 13.1 Å². The average molecular weight is 385 g/mol.